The number of nitrogens with zero attached hydrogens (tertiary/aromatic N) is 3. The van der Waals surface area contributed by atoms with Gasteiger partial charge in [-0.1, -0.05) is 31.5 Å². The van der Waals surface area contributed by atoms with Gasteiger partial charge in [0.05, 0.1) is 0 Å². The van der Waals surface area contributed by atoms with Crippen molar-refractivity contribution in [2.45, 2.75) is 45.4 Å². The lowest BCUT2D eigenvalue weighted by atomic mass is 9.96. The van der Waals surface area contributed by atoms with E-state index in [0.29, 0.717) is 5.89 Å². The first-order chi connectivity index (χ1) is 11.0. The topological polar surface area (TPSA) is 59.2 Å². The van der Waals surface area contributed by atoms with Crippen molar-refractivity contribution in [3.63, 3.8) is 0 Å². The lowest BCUT2D eigenvalue weighted by molar-refractivity contribution is 0.0706. The second-order valence-corrected chi connectivity index (χ2v) is 6.57. The Hall–Kier alpha value is -2.17. The fourth-order valence-electron chi connectivity index (χ4n) is 2.94. The summed E-state index contributed by atoms with van der Waals surface area (Å²) in [6, 6.07) is 7.77. The molecule has 2 aromatic rings. The SMILES string of the molecule is Cc1cccc(C(=O)N2CCC(c3nnc(C(C)C)o3)CC2)c1. The zero-order valence-corrected chi connectivity index (χ0v) is 14.0. The van der Waals surface area contributed by atoms with Crippen molar-refractivity contribution in [3.8, 4) is 0 Å². The molecule has 122 valence electrons. The van der Waals surface area contributed by atoms with Crippen LogP contribution < -0.4 is 0 Å². The Balaban J connectivity index is 1.62. The number of aryl methyl sites for hydroxylation is 1. The third-order valence-corrected chi connectivity index (χ3v) is 4.35. The Bertz CT molecular complexity index is 685. The maximum Gasteiger partial charge on any atom is 0.253 e. The number of amides is 1. The molecule has 0 saturated carbocycles. The average Bonchev–Trinajstić information content (AvgIpc) is 3.04. The second-order valence-electron chi connectivity index (χ2n) is 6.57. The van der Waals surface area contributed by atoms with Gasteiger partial charge in [-0.25, -0.2) is 0 Å². The first kappa shape index (κ1) is 15.7. The van der Waals surface area contributed by atoms with Gasteiger partial charge in [-0.2, -0.15) is 0 Å². The first-order valence-corrected chi connectivity index (χ1v) is 8.24. The number of hydrogen-bond acceptors (Lipinski definition) is 4. The third kappa shape index (κ3) is 3.44. The summed E-state index contributed by atoms with van der Waals surface area (Å²) < 4.78 is 5.75. The maximum atomic E-state index is 12.6. The van der Waals surface area contributed by atoms with E-state index in [0.717, 1.165) is 42.9 Å². The van der Waals surface area contributed by atoms with Gasteiger partial charge in [-0.3, -0.25) is 4.79 Å². The molecule has 1 aromatic carbocycles. The van der Waals surface area contributed by atoms with Gasteiger partial charge < -0.3 is 9.32 Å². The van der Waals surface area contributed by atoms with Crippen LogP contribution in [0.15, 0.2) is 28.7 Å². The molecule has 1 amide bonds. The number of hydrogen-bond donors (Lipinski definition) is 0. The van der Waals surface area contributed by atoms with E-state index >= 15 is 0 Å². The van der Waals surface area contributed by atoms with Gasteiger partial charge >= 0.3 is 0 Å². The van der Waals surface area contributed by atoms with Gasteiger partial charge in [0.15, 0.2) is 0 Å². The summed E-state index contributed by atoms with van der Waals surface area (Å²) in [5.41, 5.74) is 1.88. The van der Waals surface area contributed by atoms with Crippen LogP contribution in [-0.2, 0) is 0 Å². The van der Waals surface area contributed by atoms with Crippen molar-refractivity contribution >= 4 is 5.91 Å². The number of rotatable bonds is 3. The fraction of sp³-hybridized carbons (Fsp3) is 0.500. The molecule has 0 unspecified atom stereocenters. The summed E-state index contributed by atoms with van der Waals surface area (Å²) in [6.45, 7) is 7.55. The minimum atomic E-state index is 0.112. The van der Waals surface area contributed by atoms with E-state index in [1.165, 1.54) is 0 Å². The molecule has 0 spiro atoms. The summed E-state index contributed by atoms with van der Waals surface area (Å²) in [4.78, 5) is 14.5. The highest BCUT2D eigenvalue weighted by molar-refractivity contribution is 5.94. The Labute approximate surface area is 136 Å². The quantitative estimate of drug-likeness (QED) is 0.870. The van der Waals surface area contributed by atoms with Crippen LogP contribution in [0.25, 0.3) is 0 Å². The molecule has 1 aromatic heterocycles. The maximum absolute atomic E-state index is 12.6. The molecule has 0 aliphatic carbocycles. The Kier molecular flexibility index (Phi) is 4.46. The second kappa shape index (κ2) is 6.52. The molecule has 0 N–H and O–H groups in total. The van der Waals surface area contributed by atoms with Crippen molar-refractivity contribution in [1.29, 1.82) is 0 Å². The highest BCUT2D eigenvalue weighted by Gasteiger charge is 2.28. The van der Waals surface area contributed by atoms with E-state index in [-0.39, 0.29) is 17.7 Å². The number of carbonyl (C=O) groups is 1. The van der Waals surface area contributed by atoms with E-state index in [4.69, 9.17) is 4.42 Å². The van der Waals surface area contributed by atoms with Crippen molar-refractivity contribution in [2.24, 2.45) is 0 Å². The molecule has 1 aliphatic heterocycles. The van der Waals surface area contributed by atoms with Gasteiger partial charge in [0.25, 0.3) is 5.91 Å². The minimum Gasteiger partial charge on any atom is -0.425 e. The molecule has 1 aliphatic rings. The molecular weight excluding hydrogens is 290 g/mol. The molecule has 5 heteroatoms. The molecule has 1 fully saturated rings. The average molecular weight is 313 g/mol. The van der Waals surface area contributed by atoms with Crippen molar-refractivity contribution in [3.05, 3.63) is 47.2 Å². The Morgan fingerprint density at radius 3 is 2.61 bits per heavy atom. The smallest absolute Gasteiger partial charge is 0.253 e. The summed E-state index contributed by atoms with van der Waals surface area (Å²) >= 11 is 0. The van der Waals surface area contributed by atoms with E-state index in [1.54, 1.807) is 0 Å². The van der Waals surface area contributed by atoms with Gasteiger partial charge in [-0.15, -0.1) is 10.2 Å². The zero-order valence-electron chi connectivity index (χ0n) is 14.0. The Morgan fingerprint density at radius 2 is 2.00 bits per heavy atom. The molecule has 5 nitrogen and oxygen atoms in total. The summed E-state index contributed by atoms with van der Waals surface area (Å²) in [7, 11) is 0. The predicted octanol–water partition coefficient (Wildman–Crippen LogP) is 3.52. The van der Waals surface area contributed by atoms with Crippen molar-refractivity contribution in [1.82, 2.24) is 15.1 Å². The van der Waals surface area contributed by atoms with Crippen LogP contribution in [-0.4, -0.2) is 34.1 Å². The minimum absolute atomic E-state index is 0.112. The van der Waals surface area contributed by atoms with Crippen molar-refractivity contribution in [2.75, 3.05) is 13.1 Å². The van der Waals surface area contributed by atoms with E-state index in [9.17, 15) is 4.79 Å². The standard InChI is InChI=1S/C18H23N3O2/c1-12(2)16-19-20-17(23-16)14-7-9-21(10-8-14)18(22)15-6-4-5-13(3)11-15/h4-6,11-12,14H,7-10H2,1-3H3. The summed E-state index contributed by atoms with van der Waals surface area (Å²) in [5, 5.41) is 8.29. The highest BCUT2D eigenvalue weighted by Crippen LogP contribution is 2.29. The third-order valence-electron chi connectivity index (χ3n) is 4.35. The van der Waals surface area contributed by atoms with Crippen molar-refractivity contribution < 1.29 is 9.21 Å². The lowest BCUT2D eigenvalue weighted by Crippen LogP contribution is -2.38. The van der Waals surface area contributed by atoms with Crippen LogP contribution in [0.5, 0.6) is 0 Å². The highest BCUT2D eigenvalue weighted by atomic mass is 16.4. The zero-order chi connectivity index (χ0) is 16.4. The monoisotopic (exact) mass is 313 g/mol. The lowest BCUT2D eigenvalue weighted by Gasteiger charge is -2.30. The van der Waals surface area contributed by atoms with Crippen LogP contribution in [0.2, 0.25) is 0 Å². The normalized spacial score (nSPS) is 16.1. The molecule has 0 bridgehead atoms. The Morgan fingerprint density at radius 1 is 1.26 bits per heavy atom. The number of benzene rings is 1. The molecule has 2 heterocycles. The number of aromatic nitrogens is 2. The van der Waals surface area contributed by atoms with Gasteiger partial charge in [-0.05, 0) is 31.9 Å². The number of piperidine rings is 1. The first-order valence-electron chi connectivity index (χ1n) is 8.24. The van der Waals surface area contributed by atoms with Crippen LogP contribution in [0.4, 0.5) is 0 Å². The van der Waals surface area contributed by atoms with Gasteiger partial charge in [0.2, 0.25) is 11.8 Å². The van der Waals surface area contributed by atoms with E-state index < -0.39 is 0 Å². The van der Waals surface area contributed by atoms with E-state index in [1.807, 2.05) is 49.9 Å². The number of carbonyl (C=O) groups excluding carboxylic acids is 1. The largest absolute Gasteiger partial charge is 0.425 e. The van der Waals surface area contributed by atoms with Crippen LogP contribution in [0.3, 0.4) is 0 Å². The van der Waals surface area contributed by atoms with E-state index in [2.05, 4.69) is 10.2 Å². The molecule has 23 heavy (non-hydrogen) atoms. The molecule has 1 saturated heterocycles. The van der Waals surface area contributed by atoms with Crippen LogP contribution in [0.1, 0.15) is 66.2 Å². The molecule has 3 rings (SSSR count). The molecular formula is C18H23N3O2. The number of likely N-dealkylation sites (tertiary alicyclic amines) is 1. The van der Waals surface area contributed by atoms with Crippen LogP contribution >= 0.6 is 0 Å². The fourth-order valence-corrected chi connectivity index (χ4v) is 2.94. The van der Waals surface area contributed by atoms with Crippen LogP contribution in [0, 0.1) is 6.92 Å². The summed E-state index contributed by atoms with van der Waals surface area (Å²) in [5.74, 6) is 2.03. The molecule has 0 atom stereocenters. The molecule has 0 radical (unpaired) electrons. The summed E-state index contributed by atoms with van der Waals surface area (Å²) in [6.07, 6.45) is 1.74. The van der Waals surface area contributed by atoms with Gasteiger partial charge in [0.1, 0.15) is 0 Å². The van der Waals surface area contributed by atoms with Gasteiger partial charge in [0, 0.05) is 30.5 Å². The predicted molar refractivity (Wildman–Crippen MR) is 87.4 cm³/mol.